The summed E-state index contributed by atoms with van der Waals surface area (Å²) in [7, 11) is -3.55. The van der Waals surface area contributed by atoms with E-state index in [9.17, 15) is 13.2 Å². The molecule has 2 fully saturated rings. The van der Waals surface area contributed by atoms with Gasteiger partial charge in [0.25, 0.3) is 0 Å². The summed E-state index contributed by atoms with van der Waals surface area (Å²) >= 11 is 0. The lowest BCUT2D eigenvalue weighted by molar-refractivity contribution is -0.117. The highest BCUT2D eigenvalue weighted by atomic mass is 32.2. The number of hydrogen-bond acceptors (Lipinski definition) is 5. The van der Waals surface area contributed by atoms with E-state index in [4.69, 9.17) is 4.74 Å². The summed E-state index contributed by atoms with van der Waals surface area (Å²) in [5.41, 5.74) is 1.50. The highest BCUT2D eigenvalue weighted by Gasteiger charge is 2.37. The second kappa shape index (κ2) is 5.47. The Hall–Kier alpha value is -1.64. The Labute approximate surface area is 135 Å². The monoisotopic (exact) mass is 337 g/mol. The van der Waals surface area contributed by atoms with E-state index in [0.717, 1.165) is 25.1 Å². The van der Waals surface area contributed by atoms with Crippen LogP contribution in [0.3, 0.4) is 0 Å². The molecule has 0 aromatic heterocycles. The summed E-state index contributed by atoms with van der Waals surface area (Å²) in [6.07, 6.45) is 1.82. The fourth-order valence-electron chi connectivity index (χ4n) is 3.51. The van der Waals surface area contributed by atoms with Gasteiger partial charge in [0.15, 0.2) is 0 Å². The van der Waals surface area contributed by atoms with E-state index < -0.39 is 10.0 Å². The number of carbonyl (C=O) groups excluding carboxylic acids is 1. The van der Waals surface area contributed by atoms with Gasteiger partial charge in [-0.05, 0) is 31.0 Å². The summed E-state index contributed by atoms with van der Waals surface area (Å²) in [6.45, 7) is 2.38. The van der Waals surface area contributed by atoms with Crippen LogP contribution < -0.4 is 10.2 Å². The van der Waals surface area contributed by atoms with Crippen LogP contribution in [0.2, 0.25) is 0 Å². The lowest BCUT2D eigenvalue weighted by atomic mass is 10.1. The third-order valence-corrected chi connectivity index (χ3v) is 6.59. The molecule has 3 heterocycles. The van der Waals surface area contributed by atoms with Crippen molar-refractivity contribution in [2.24, 2.45) is 0 Å². The molecule has 1 atom stereocenters. The van der Waals surface area contributed by atoms with Crippen LogP contribution in [0.25, 0.3) is 0 Å². The molecule has 2 saturated heterocycles. The topological polar surface area (TPSA) is 79.0 Å². The van der Waals surface area contributed by atoms with E-state index in [0.29, 0.717) is 32.0 Å². The maximum atomic E-state index is 12.7. The minimum Gasteiger partial charge on any atom is -0.379 e. The molecule has 124 valence electrons. The standard InChI is InChI=1S/C15H19N3O4S/c19-15-14-2-1-5-18(14)13-4-3-11(10-12(13)16-15)23(20,21)17-6-8-22-9-7-17/h3-4,10,14H,1-2,5-9H2,(H,16,19)/t14-/m0/s1. The van der Waals surface area contributed by atoms with E-state index in [-0.39, 0.29) is 16.8 Å². The Morgan fingerprint density at radius 1 is 1.17 bits per heavy atom. The zero-order chi connectivity index (χ0) is 16.0. The number of nitrogens with zero attached hydrogens (tertiary/aromatic N) is 2. The average Bonchev–Trinajstić information content (AvgIpc) is 3.06. The lowest BCUT2D eigenvalue weighted by Gasteiger charge is -2.33. The van der Waals surface area contributed by atoms with Gasteiger partial charge in [0.05, 0.1) is 29.5 Å². The highest BCUT2D eigenvalue weighted by molar-refractivity contribution is 7.89. The molecule has 0 spiro atoms. The summed E-state index contributed by atoms with van der Waals surface area (Å²) in [5.74, 6) is -0.0454. The number of carbonyl (C=O) groups is 1. The number of rotatable bonds is 2. The van der Waals surface area contributed by atoms with Gasteiger partial charge in [-0.3, -0.25) is 4.79 Å². The summed E-state index contributed by atoms with van der Waals surface area (Å²) < 4.78 is 32.1. The Morgan fingerprint density at radius 3 is 2.74 bits per heavy atom. The van der Waals surface area contributed by atoms with E-state index in [1.165, 1.54) is 4.31 Å². The Morgan fingerprint density at radius 2 is 1.96 bits per heavy atom. The van der Waals surface area contributed by atoms with Crippen molar-refractivity contribution in [3.05, 3.63) is 18.2 Å². The number of fused-ring (bicyclic) bond motifs is 3. The van der Waals surface area contributed by atoms with Crippen molar-refractivity contribution in [3.63, 3.8) is 0 Å². The first-order valence-electron chi connectivity index (χ1n) is 7.87. The molecule has 1 N–H and O–H groups in total. The maximum Gasteiger partial charge on any atom is 0.247 e. The van der Waals surface area contributed by atoms with Gasteiger partial charge in [0.2, 0.25) is 15.9 Å². The van der Waals surface area contributed by atoms with E-state index in [2.05, 4.69) is 10.2 Å². The average molecular weight is 337 g/mol. The number of hydrogen-bond donors (Lipinski definition) is 1. The molecule has 0 aliphatic carbocycles. The minimum atomic E-state index is -3.55. The van der Waals surface area contributed by atoms with Crippen LogP contribution in [0.5, 0.6) is 0 Å². The van der Waals surface area contributed by atoms with Gasteiger partial charge in [-0.15, -0.1) is 0 Å². The lowest BCUT2D eigenvalue weighted by Crippen LogP contribution is -2.44. The van der Waals surface area contributed by atoms with Crippen molar-refractivity contribution in [2.45, 2.75) is 23.8 Å². The maximum absolute atomic E-state index is 12.7. The van der Waals surface area contributed by atoms with Crippen molar-refractivity contribution < 1.29 is 17.9 Å². The summed E-state index contributed by atoms with van der Waals surface area (Å²) in [4.78, 5) is 14.5. The highest BCUT2D eigenvalue weighted by Crippen LogP contribution is 2.38. The van der Waals surface area contributed by atoms with Gasteiger partial charge in [0.1, 0.15) is 6.04 Å². The molecule has 1 aromatic carbocycles. The first-order chi connectivity index (χ1) is 11.1. The molecule has 3 aliphatic rings. The van der Waals surface area contributed by atoms with E-state index in [1.54, 1.807) is 18.2 Å². The largest absolute Gasteiger partial charge is 0.379 e. The predicted molar refractivity (Wildman–Crippen MR) is 85.0 cm³/mol. The van der Waals surface area contributed by atoms with Crippen molar-refractivity contribution in [2.75, 3.05) is 43.1 Å². The summed E-state index contributed by atoms with van der Waals surface area (Å²) in [5, 5.41) is 2.86. The Balaban J connectivity index is 1.70. The predicted octanol–water partition coefficient (Wildman–Crippen LogP) is 0.628. The number of amides is 1. The molecule has 1 amide bonds. The first-order valence-corrected chi connectivity index (χ1v) is 9.31. The summed E-state index contributed by atoms with van der Waals surface area (Å²) in [6, 6.07) is 4.90. The zero-order valence-corrected chi connectivity index (χ0v) is 13.5. The molecular weight excluding hydrogens is 318 g/mol. The van der Waals surface area contributed by atoms with Crippen LogP contribution >= 0.6 is 0 Å². The first kappa shape index (κ1) is 14.9. The molecule has 0 unspecified atom stereocenters. The fourth-order valence-corrected chi connectivity index (χ4v) is 4.94. The second-order valence-electron chi connectivity index (χ2n) is 6.04. The van der Waals surface area contributed by atoms with Crippen LogP contribution in [0.15, 0.2) is 23.1 Å². The van der Waals surface area contributed by atoms with Crippen molar-refractivity contribution in [1.29, 1.82) is 0 Å². The molecule has 7 nitrogen and oxygen atoms in total. The minimum absolute atomic E-state index is 0.0454. The van der Waals surface area contributed by atoms with Gasteiger partial charge in [-0.25, -0.2) is 8.42 Å². The Kier molecular flexibility index (Phi) is 3.55. The van der Waals surface area contributed by atoms with Gasteiger partial charge in [-0.1, -0.05) is 0 Å². The quantitative estimate of drug-likeness (QED) is 0.856. The van der Waals surface area contributed by atoms with Crippen molar-refractivity contribution in [3.8, 4) is 0 Å². The van der Waals surface area contributed by atoms with Crippen molar-refractivity contribution in [1.82, 2.24) is 4.31 Å². The molecule has 8 heteroatoms. The number of anilines is 2. The van der Waals surface area contributed by atoms with Crippen LogP contribution in [0.4, 0.5) is 11.4 Å². The van der Waals surface area contributed by atoms with Crippen LogP contribution in [-0.4, -0.2) is 57.5 Å². The smallest absolute Gasteiger partial charge is 0.247 e. The normalized spacial score (nSPS) is 25.0. The molecule has 4 rings (SSSR count). The molecule has 1 aromatic rings. The number of benzene rings is 1. The van der Waals surface area contributed by atoms with Crippen molar-refractivity contribution >= 4 is 27.3 Å². The molecule has 0 bridgehead atoms. The fraction of sp³-hybridized carbons (Fsp3) is 0.533. The van der Waals surface area contributed by atoms with Gasteiger partial charge in [-0.2, -0.15) is 4.31 Å². The van der Waals surface area contributed by atoms with E-state index >= 15 is 0 Å². The van der Waals surface area contributed by atoms with Gasteiger partial charge >= 0.3 is 0 Å². The molecule has 3 aliphatic heterocycles. The molecule has 0 radical (unpaired) electrons. The SMILES string of the molecule is O=C1Nc2cc(S(=O)(=O)N3CCOCC3)ccc2N2CCC[C@@H]12. The number of sulfonamides is 1. The molecular formula is C15H19N3O4S. The van der Waals surface area contributed by atoms with E-state index in [1.807, 2.05) is 0 Å². The zero-order valence-electron chi connectivity index (χ0n) is 12.7. The number of nitrogens with one attached hydrogen (secondary N) is 1. The number of morpholine rings is 1. The third kappa shape index (κ3) is 2.41. The Bertz CT molecular complexity index is 743. The van der Waals surface area contributed by atoms with Crippen LogP contribution in [0, 0.1) is 0 Å². The van der Waals surface area contributed by atoms with Crippen LogP contribution in [-0.2, 0) is 19.6 Å². The third-order valence-electron chi connectivity index (χ3n) is 4.70. The van der Waals surface area contributed by atoms with Crippen LogP contribution in [0.1, 0.15) is 12.8 Å². The van der Waals surface area contributed by atoms with Gasteiger partial charge in [0, 0.05) is 19.6 Å². The van der Waals surface area contributed by atoms with Gasteiger partial charge < -0.3 is 15.0 Å². The molecule has 23 heavy (non-hydrogen) atoms. The molecule has 0 saturated carbocycles. The number of ether oxygens (including phenoxy) is 1. The second-order valence-corrected chi connectivity index (χ2v) is 7.97.